The van der Waals surface area contributed by atoms with Gasteiger partial charge in [0.15, 0.2) is 0 Å². The van der Waals surface area contributed by atoms with Crippen molar-refractivity contribution in [2.75, 3.05) is 6.54 Å². The summed E-state index contributed by atoms with van der Waals surface area (Å²) in [6.07, 6.45) is 2.42. The van der Waals surface area contributed by atoms with Gasteiger partial charge in [-0.25, -0.2) is 0 Å². The molecule has 4 rings (SSSR count). The summed E-state index contributed by atoms with van der Waals surface area (Å²) in [5.41, 5.74) is 5.65. The molecule has 0 saturated heterocycles. The fourth-order valence-corrected chi connectivity index (χ4v) is 3.25. The number of aromatic amines is 1. The number of carbonyl (C=O) groups excluding carboxylic acids is 1. The average molecular weight is 398 g/mol. The van der Waals surface area contributed by atoms with Crippen LogP contribution in [-0.4, -0.2) is 32.7 Å². The maximum Gasteiger partial charge on any atom is 0.251 e. The topological polar surface area (TPSA) is 90.9 Å². The minimum absolute atomic E-state index is 0.00885. The molecule has 0 bridgehead atoms. The molecule has 6 nitrogen and oxygen atoms in total. The number of hydrogen-bond donors (Lipinski definition) is 3. The Balaban J connectivity index is 1.50. The summed E-state index contributed by atoms with van der Waals surface area (Å²) in [6.45, 7) is 0.518. The molecule has 150 valence electrons. The first-order valence-electron chi connectivity index (χ1n) is 9.77. The van der Waals surface area contributed by atoms with Crippen LogP contribution in [-0.2, 0) is 13.0 Å². The third kappa shape index (κ3) is 4.45. The van der Waals surface area contributed by atoms with Crippen LogP contribution in [0.4, 0.5) is 0 Å². The summed E-state index contributed by atoms with van der Waals surface area (Å²) in [5, 5.41) is 19.6. The van der Waals surface area contributed by atoms with Crippen LogP contribution < -0.4 is 5.32 Å². The van der Waals surface area contributed by atoms with Crippen molar-refractivity contribution in [3.63, 3.8) is 0 Å². The lowest BCUT2D eigenvalue weighted by Gasteiger charge is -2.09. The molecule has 0 unspecified atom stereocenters. The van der Waals surface area contributed by atoms with Crippen LogP contribution >= 0.6 is 0 Å². The van der Waals surface area contributed by atoms with Gasteiger partial charge in [0, 0.05) is 41.5 Å². The van der Waals surface area contributed by atoms with Crippen molar-refractivity contribution in [1.82, 2.24) is 20.5 Å². The first kappa shape index (κ1) is 19.5. The fraction of sp³-hybridized carbons (Fsp3) is 0.125. The van der Waals surface area contributed by atoms with Gasteiger partial charge < -0.3 is 10.4 Å². The van der Waals surface area contributed by atoms with Crippen molar-refractivity contribution >= 4 is 5.91 Å². The molecule has 30 heavy (non-hydrogen) atoms. The largest absolute Gasteiger partial charge is 0.392 e. The number of aliphatic hydroxyl groups is 1. The van der Waals surface area contributed by atoms with E-state index in [1.165, 1.54) is 0 Å². The van der Waals surface area contributed by atoms with E-state index in [-0.39, 0.29) is 12.5 Å². The predicted molar refractivity (Wildman–Crippen MR) is 116 cm³/mol. The molecule has 0 aliphatic carbocycles. The molecule has 2 heterocycles. The van der Waals surface area contributed by atoms with Gasteiger partial charge in [-0.3, -0.25) is 14.9 Å². The minimum atomic E-state index is -0.134. The fourth-order valence-electron chi connectivity index (χ4n) is 3.25. The molecule has 2 aromatic carbocycles. The van der Waals surface area contributed by atoms with Gasteiger partial charge in [-0.1, -0.05) is 48.5 Å². The van der Waals surface area contributed by atoms with E-state index in [0.717, 1.165) is 33.8 Å². The van der Waals surface area contributed by atoms with Crippen LogP contribution in [0.15, 0.2) is 79.0 Å². The number of aromatic nitrogens is 3. The number of benzene rings is 2. The van der Waals surface area contributed by atoms with Gasteiger partial charge >= 0.3 is 0 Å². The first-order valence-corrected chi connectivity index (χ1v) is 9.77. The molecule has 6 heteroatoms. The van der Waals surface area contributed by atoms with E-state index in [2.05, 4.69) is 20.5 Å². The molecule has 3 N–H and O–H groups in total. The molecule has 0 fully saturated rings. The maximum absolute atomic E-state index is 12.8. The van der Waals surface area contributed by atoms with E-state index < -0.39 is 0 Å². The van der Waals surface area contributed by atoms with Gasteiger partial charge in [0.2, 0.25) is 0 Å². The Morgan fingerprint density at radius 1 is 1.00 bits per heavy atom. The zero-order valence-electron chi connectivity index (χ0n) is 16.4. The van der Waals surface area contributed by atoms with E-state index in [9.17, 15) is 9.90 Å². The Morgan fingerprint density at radius 2 is 1.80 bits per heavy atom. The molecular formula is C24H22N4O2. The second-order valence-electron chi connectivity index (χ2n) is 6.89. The lowest BCUT2D eigenvalue weighted by molar-refractivity contribution is 0.0954. The number of nitrogens with zero attached hydrogens (tertiary/aromatic N) is 2. The van der Waals surface area contributed by atoms with E-state index in [1.54, 1.807) is 6.20 Å². The van der Waals surface area contributed by atoms with Crippen molar-refractivity contribution in [2.45, 2.75) is 13.0 Å². The quantitative estimate of drug-likeness (QED) is 0.444. The molecule has 4 aromatic rings. The summed E-state index contributed by atoms with van der Waals surface area (Å²) < 4.78 is 0. The highest BCUT2D eigenvalue weighted by atomic mass is 16.3. The Morgan fingerprint density at radius 3 is 2.57 bits per heavy atom. The Bertz CT molecular complexity index is 1120. The molecular weight excluding hydrogens is 376 g/mol. The summed E-state index contributed by atoms with van der Waals surface area (Å²) in [6, 6.07) is 22.7. The number of rotatable bonds is 7. The predicted octanol–water partition coefficient (Wildman–Crippen LogP) is 3.60. The summed E-state index contributed by atoms with van der Waals surface area (Å²) in [7, 11) is 0. The van der Waals surface area contributed by atoms with Gasteiger partial charge in [-0.2, -0.15) is 5.10 Å². The minimum Gasteiger partial charge on any atom is -0.392 e. The normalized spacial score (nSPS) is 10.7. The lowest BCUT2D eigenvalue weighted by Crippen LogP contribution is -2.26. The van der Waals surface area contributed by atoms with Crippen molar-refractivity contribution < 1.29 is 9.90 Å². The molecule has 0 atom stereocenters. The molecule has 0 aliphatic heterocycles. The Hall–Kier alpha value is -3.77. The molecule has 0 radical (unpaired) electrons. The average Bonchev–Trinajstić information content (AvgIpc) is 3.30. The Kier molecular flexibility index (Phi) is 5.96. The molecule has 2 aromatic heterocycles. The van der Waals surface area contributed by atoms with Crippen LogP contribution in [0.5, 0.6) is 0 Å². The first-order chi connectivity index (χ1) is 14.7. The number of nitrogens with one attached hydrogen (secondary N) is 2. The molecule has 1 amide bonds. The van der Waals surface area contributed by atoms with Gasteiger partial charge in [0.05, 0.1) is 18.0 Å². The second kappa shape index (κ2) is 9.15. The highest BCUT2D eigenvalue weighted by molar-refractivity contribution is 6.00. The molecule has 0 saturated carbocycles. The van der Waals surface area contributed by atoms with E-state index in [1.807, 2.05) is 72.8 Å². The van der Waals surface area contributed by atoms with Crippen molar-refractivity contribution in [3.8, 4) is 22.5 Å². The van der Waals surface area contributed by atoms with Crippen LogP contribution in [0.3, 0.4) is 0 Å². The van der Waals surface area contributed by atoms with Gasteiger partial charge in [-0.05, 0) is 29.8 Å². The standard InChI is InChI=1S/C24H22N4O2/c29-16-17-8-10-18(11-9-17)22-15-23(28-27-22)20-6-1-2-7-21(20)24(30)26-14-12-19-5-3-4-13-25-19/h1-11,13,15,29H,12,14,16H2,(H,26,30)(H,27,28). The number of H-pyrrole nitrogens is 1. The van der Waals surface area contributed by atoms with Crippen molar-refractivity contribution in [2.24, 2.45) is 0 Å². The van der Waals surface area contributed by atoms with Gasteiger partial charge in [-0.15, -0.1) is 0 Å². The highest BCUT2D eigenvalue weighted by Crippen LogP contribution is 2.26. The summed E-state index contributed by atoms with van der Waals surface area (Å²) in [4.78, 5) is 17.1. The zero-order chi connectivity index (χ0) is 20.8. The Labute approximate surface area is 174 Å². The molecule has 0 aliphatic rings. The van der Waals surface area contributed by atoms with Crippen LogP contribution in [0, 0.1) is 0 Å². The maximum atomic E-state index is 12.8. The molecule has 0 spiro atoms. The lowest BCUT2D eigenvalue weighted by atomic mass is 10.0. The zero-order valence-corrected chi connectivity index (χ0v) is 16.4. The number of hydrogen-bond acceptors (Lipinski definition) is 4. The SMILES string of the molecule is O=C(NCCc1ccccn1)c1ccccc1-c1cc(-c2ccc(CO)cc2)n[nH]1. The van der Waals surface area contributed by atoms with Crippen LogP contribution in [0.25, 0.3) is 22.5 Å². The summed E-state index contributed by atoms with van der Waals surface area (Å²) >= 11 is 0. The van der Waals surface area contributed by atoms with Gasteiger partial charge in [0.25, 0.3) is 5.91 Å². The highest BCUT2D eigenvalue weighted by Gasteiger charge is 2.14. The third-order valence-corrected chi connectivity index (χ3v) is 4.86. The smallest absolute Gasteiger partial charge is 0.251 e. The van der Waals surface area contributed by atoms with Gasteiger partial charge in [0.1, 0.15) is 0 Å². The van der Waals surface area contributed by atoms with Crippen LogP contribution in [0.1, 0.15) is 21.6 Å². The number of amides is 1. The van der Waals surface area contributed by atoms with E-state index in [0.29, 0.717) is 18.5 Å². The van der Waals surface area contributed by atoms with Crippen molar-refractivity contribution in [1.29, 1.82) is 0 Å². The summed E-state index contributed by atoms with van der Waals surface area (Å²) in [5.74, 6) is -0.134. The monoisotopic (exact) mass is 398 g/mol. The third-order valence-electron chi connectivity index (χ3n) is 4.86. The number of carbonyl (C=O) groups is 1. The van der Waals surface area contributed by atoms with E-state index in [4.69, 9.17) is 0 Å². The second-order valence-corrected chi connectivity index (χ2v) is 6.89. The van der Waals surface area contributed by atoms with Crippen LogP contribution in [0.2, 0.25) is 0 Å². The van der Waals surface area contributed by atoms with E-state index >= 15 is 0 Å². The number of aliphatic hydroxyl groups excluding tert-OH is 1. The number of pyridine rings is 1. The van der Waals surface area contributed by atoms with Crippen molar-refractivity contribution in [3.05, 3.63) is 95.8 Å².